The lowest BCUT2D eigenvalue weighted by molar-refractivity contribution is -0.132. The molecule has 1 aromatic carbocycles. The lowest BCUT2D eigenvalue weighted by Crippen LogP contribution is -2.47. The molecule has 5 heteroatoms. The minimum absolute atomic E-state index is 0.0866. The molecule has 1 aliphatic carbocycles. The molecule has 2 amide bonds. The van der Waals surface area contributed by atoms with Crippen LogP contribution in [-0.4, -0.2) is 35.8 Å². The van der Waals surface area contributed by atoms with Crippen LogP contribution in [0.3, 0.4) is 0 Å². The molecule has 1 saturated heterocycles. The third kappa shape index (κ3) is 5.16. The van der Waals surface area contributed by atoms with Crippen molar-refractivity contribution in [1.29, 1.82) is 0 Å². The molecule has 3 rings (SSSR count). The number of likely N-dealkylation sites (tertiary alicyclic amines) is 1. The summed E-state index contributed by atoms with van der Waals surface area (Å²) in [4.78, 5) is 26.7. The molecular formula is C21H27FN2O2. The van der Waals surface area contributed by atoms with Crippen LogP contribution >= 0.6 is 0 Å². The lowest BCUT2D eigenvalue weighted by Gasteiger charge is -2.33. The van der Waals surface area contributed by atoms with Gasteiger partial charge in [-0.15, -0.1) is 0 Å². The van der Waals surface area contributed by atoms with E-state index in [9.17, 15) is 14.0 Å². The molecule has 1 N–H and O–H groups in total. The number of carbonyl (C=O) groups excluding carboxylic acids is 2. The van der Waals surface area contributed by atoms with Crippen LogP contribution in [0.2, 0.25) is 0 Å². The minimum atomic E-state index is -0.322. The van der Waals surface area contributed by atoms with Crippen molar-refractivity contribution in [3.8, 4) is 0 Å². The van der Waals surface area contributed by atoms with Gasteiger partial charge in [-0.05, 0) is 49.5 Å². The van der Waals surface area contributed by atoms with Crippen molar-refractivity contribution in [1.82, 2.24) is 10.2 Å². The number of nitrogens with zero attached hydrogens (tertiary/aromatic N) is 1. The third-order valence-corrected chi connectivity index (χ3v) is 5.32. The van der Waals surface area contributed by atoms with E-state index < -0.39 is 0 Å². The summed E-state index contributed by atoms with van der Waals surface area (Å²) in [5.41, 5.74) is 0.655. The van der Waals surface area contributed by atoms with E-state index in [-0.39, 0.29) is 23.5 Å². The molecule has 0 spiro atoms. The Labute approximate surface area is 154 Å². The number of halogens is 1. The summed E-state index contributed by atoms with van der Waals surface area (Å²) in [6.45, 7) is 1.13. The highest BCUT2D eigenvalue weighted by molar-refractivity contribution is 5.92. The predicted molar refractivity (Wildman–Crippen MR) is 99.8 cm³/mol. The molecule has 1 atom stereocenters. The Morgan fingerprint density at radius 1 is 1.12 bits per heavy atom. The molecule has 1 aliphatic heterocycles. The molecule has 1 aromatic rings. The molecule has 1 saturated carbocycles. The fourth-order valence-electron chi connectivity index (χ4n) is 3.84. The molecule has 4 nitrogen and oxygen atoms in total. The predicted octanol–water partition coefficient (Wildman–Crippen LogP) is 3.53. The highest BCUT2D eigenvalue weighted by atomic mass is 19.1. The summed E-state index contributed by atoms with van der Waals surface area (Å²) >= 11 is 0. The van der Waals surface area contributed by atoms with E-state index in [0.29, 0.717) is 24.7 Å². The Hall–Kier alpha value is -2.17. The van der Waals surface area contributed by atoms with Crippen molar-refractivity contribution >= 4 is 17.9 Å². The number of piperidine rings is 1. The normalized spacial score (nSPS) is 21.7. The van der Waals surface area contributed by atoms with Crippen LogP contribution in [0, 0.1) is 11.7 Å². The number of hydrogen-bond acceptors (Lipinski definition) is 2. The smallest absolute Gasteiger partial charge is 0.246 e. The Kier molecular flexibility index (Phi) is 6.42. The van der Waals surface area contributed by atoms with Gasteiger partial charge in [0.2, 0.25) is 11.8 Å². The highest BCUT2D eigenvalue weighted by Crippen LogP contribution is 2.21. The highest BCUT2D eigenvalue weighted by Gasteiger charge is 2.29. The molecule has 140 valence electrons. The second kappa shape index (κ2) is 8.97. The quantitative estimate of drug-likeness (QED) is 0.837. The molecule has 1 heterocycles. The van der Waals surface area contributed by atoms with Gasteiger partial charge >= 0.3 is 0 Å². The molecule has 26 heavy (non-hydrogen) atoms. The number of carbonyl (C=O) groups is 2. The molecule has 2 aliphatic rings. The van der Waals surface area contributed by atoms with E-state index in [0.717, 1.165) is 25.7 Å². The van der Waals surface area contributed by atoms with E-state index in [4.69, 9.17) is 0 Å². The maximum Gasteiger partial charge on any atom is 0.246 e. The summed E-state index contributed by atoms with van der Waals surface area (Å²) in [7, 11) is 0. The van der Waals surface area contributed by atoms with E-state index >= 15 is 0 Å². The largest absolute Gasteiger partial charge is 0.353 e. The van der Waals surface area contributed by atoms with Crippen LogP contribution in [0.1, 0.15) is 50.5 Å². The average molecular weight is 358 g/mol. The topological polar surface area (TPSA) is 49.4 Å². The summed E-state index contributed by atoms with van der Waals surface area (Å²) in [6, 6.07) is 6.44. The SMILES string of the molecule is O=C(NC1CCCCC1)C1CCCN(C(=O)/C=C/c2cccc(F)c2)C1. The summed E-state index contributed by atoms with van der Waals surface area (Å²) in [5, 5.41) is 3.18. The van der Waals surface area contributed by atoms with Crippen LogP contribution in [0.5, 0.6) is 0 Å². The maximum atomic E-state index is 13.2. The van der Waals surface area contributed by atoms with Crippen LogP contribution < -0.4 is 5.32 Å². The van der Waals surface area contributed by atoms with Crippen molar-refractivity contribution in [3.63, 3.8) is 0 Å². The van der Waals surface area contributed by atoms with Crippen molar-refractivity contribution in [2.24, 2.45) is 5.92 Å². The first kappa shape index (κ1) is 18.6. The average Bonchev–Trinajstić information content (AvgIpc) is 2.67. The van der Waals surface area contributed by atoms with Gasteiger partial charge in [0.15, 0.2) is 0 Å². The van der Waals surface area contributed by atoms with Crippen molar-refractivity contribution in [2.75, 3.05) is 13.1 Å². The minimum Gasteiger partial charge on any atom is -0.353 e. The monoisotopic (exact) mass is 358 g/mol. The van der Waals surface area contributed by atoms with Gasteiger partial charge in [0.05, 0.1) is 5.92 Å². The second-order valence-corrected chi connectivity index (χ2v) is 7.36. The summed E-state index contributed by atoms with van der Waals surface area (Å²) in [5.74, 6) is -0.484. The van der Waals surface area contributed by atoms with Crippen LogP contribution in [0.15, 0.2) is 30.3 Å². The summed E-state index contributed by atoms with van der Waals surface area (Å²) in [6.07, 6.45) is 10.5. The van der Waals surface area contributed by atoms with Gasteiger partial charge in [0.1, 0.15) is 5.82 Å². The molecule has 1 unspecified atom stereocenters. The Bertz CT molecular complexity index is 668. The van der Waals surface area contributed by atoms with Crippen molar-refractivity contribution in [3.05, 3.63) is 41.7 Å². The first-order chi connectivity index (χ1) is 12.6. The number of nitrogens with one attached hydrogen (secondary N) is 1. The van der Waals surface area contributed by atoms with E-state index in [1.54, 1.807) is 23.1 Å². The molecular weight excluding hydrogens is 331 g/mol. The molecule has 0 aromatic heterocycles. The standard InChI is InChI=1S/C21H27FN2O2/c22-18-8-4-6-16(14-18)11-12-20(25)24-13-5-7-17(15-24)21(26)23-19-9-2-1-3-10-19/h4,6,8,11-12,14,17,19H,1-3,5,7,9-10,13,15H2,(H,23,26)/b12-11+. The van der Waals surface area contributed by atoms with Gasteiger partial charge < -0.3 is 10.2 Å². The Morgan fingerprint density at radius 3 is 2.69 bits per heavy atom. The maximum absolute atomic E-state index is 13.2. The number of amides is 2. The first-order valence-electron chi connectivity index (χ1n) is 9.65. The zero-order chi connectivity index (χ0) is 18.4. The van der Waals surface area contributed by atoms with E-state index in [1.165, 1.54) is 37.5 Å². The number of hydrogen-bond donors (Lipinski definition) is 1. The van der Waals surface area contributed by atoms with Gasteiger partial charge in [-0.1, -0.05) is 31.4 Å². The van der Waals surface area contributed by atoms with Crippen LogP contribution in [-0.2, 0) is 9.59 Å². The second-order valence-electron chi connectivity index (χ2n) is 7.36. The van der Waals surface area contributed by atoms with Crippen molar-refractivity contribution in [2.45, 2.75) is 51.0 Å². The molecule has 0 bridgehead atoms. The Balaban J connectivity index is 1.53. The van der Waals surface area contributed by atoms with Crippen molar-refractivity contribution < 1.29 is 14.0 Å². The number of benzene rings is 1. The summed E-state index contributed by atoms with van der Waals surface area (Å²) < 4.78 is 13.2. The van der Waals surface area contributed by atoms with Gasteiger partial charge in [0, 0.05) is 25.2 Å². The van der Waals surface area contributed by atoms with E-state index in [2.05, 4.69) is 5.32 Å². The Morgan fingerprint density at radius 2 is 1.92 bits per heavy atom. The van der Waals surface area contributed by atoms with Crippen LogP contribution in [0.25, 0.3) is 6.08 Å². The number of rotatable bonds is 4. The fraction of sp³-hybridized carbons (Fsp3) is 0.524. The zero-order valence-electron chi connectivity index (χ0n) is 15.1. The van der Waals surface area contributed by atoms with E-state index in [1.807, 2.05) is 0 Å². The van der Waals surface area contributed by atoms with Crippen LogP contribution in [0.4, 0.5) is 4.39 Å². The lowest BCUT2D eigenvalue weighted by atomic mass is 9.93. The molecule has 0 radical (unpaired) electrons. The van der Waals surface area contributed by atoms with Gasteiger partial charge in [-0.3, -0.25) is 9.59 Å². The zero-order valence-corrected chi connectivity index (χ0v) is 15.1. The first-order valence-corrected chi connectivity index (χ1v) is 9.65. The van der Waals surface area contributed by atoms with Gasteiger partial charge in [-0.2, -0.15) is 0 Å². The van der Waals surface area contributed by atoms with Gasteiger partial charge in [-0.25, -0.2) is 4.39 Å². The molecule has 2 fully saturated rings. The van der Waals surface area contributed by atoms with Gasteiger partial charge in [0.25, 0.3) is 0 Å². The fourth-order valence-corrected chi connectivity index (χ4v) is 3.84. The third-order valence-electron chi connectivity index (χ3n) is 5.32.